The number of alkyl carbamates (subject to hydrolysis) is 2. The van der Waals surface area contributed by atoms with Crippen molar-refractivity contribution < 1.29 is 72.4 Å². The van der Waals surface area contributed by atoms with Crippen LogP contribution in [0.5, 0.6) is 0 Å². The summed E-state index contributed by atoms with van der Waals surface area (Å²) in [6.45, 7) is 2.08. The third kappa shape index (κ3) is 18.7. The van der Waals surface area contributed by atoms with E-state index in [0.717, 1.165) is 16.8 Å². The predicted octanol–water partition coefficient (Wildman–Crippen LogP) is 2.33. The number of nitrogens with zero attached hydrogens (tertiary/aromatic N) is 4. The number of hydrogen-bond acceptors (Lipinski definition) is 16. The molecule has 58 heavy (non-hydrogen) atoms. The number of carboxylic acids is 1. The number of unbranched alkanes of at least 4 members (excludes halogenated alkanes) is 2. The van der Waals surface area contributed by atoms with Crippen LogP contribution in [0.2, 0.25) is 0 Å². The van der Waals surface area contributed by atoms with Gasteiger partial charge in [-0.25, -0.2) is 19.6 Å². The van der Waals surface area contributed by atoms with Crippen molar-refractivity contribution in [3.8, 4) is 22.5 Å². The molecule has 2 unspecified atom stereocenters. The van der Waals surface area contributed by atoms with Gasteiger partial charge in [0, 0.05) is 59.5 Å². The van der Waals surface area contributed by atoms with Crippen molar-refractivity contribution in [2.24, 2.45) is 0 Å². The topological polar surface area (TPSA) is 280 Å². The van der Waals surface area contributed by atoms with Crippen LogP contribution in [-0.2, 0) is 33.4 Å². The Kier molecular flexibility index (Phi) is 24.4. The van der Waals surface area contributed by atoms with E-state index in [0.29, 0.717) is 54.7 Å². The molecular formula is C36H45LiN8O11S2. The summed E-state index contributed by atoms with van der Waals surface area (Å²) in [5.74, 6) is -2.02. The molecule has 0 fully saturated rings. The number of ether oxygens (including phenoxy) is 3. The molecule has 0 aliphatic rings. The van der Waals surface area contributed by atoms with E-state index in [1.807, 2.05) is 29.6 Å². The minimum atomic E-state index is -0.900. The molecule has 19 nitrogen and oxygen atoms in total. The summed E-state index contributed by atoms with van der Waals surface area (Å²) in [7, 11) is 2.43. The average Bonchev–Trinajstić information content (AvgIpc) is 3.88. The van der Waals surface area contributed by atoms with E-state index >= 15 is 0 Å². The molecule has 0 aromatic carbocycles. The summed E-state index contributed by atoms with van der Waals surface area (Å²) in [4.78, 5) is 86.8. The van der Waals surface area contributed by atoms with Gasteiger partial charge in [-0.15, -0.1) is 22.7 Å². The zero-order valence-corrected chi connectivity index (χ0v) is 34.1. The van der Waals surface area contributed by atoms with E-state index in [1.54, 1.807) is 37.1 Å². The molecule has 0 aliphatic heterocycles. The summed E-state index contributed by atoms with van der Waals surface area (Å²) in [5, 5.41) is 23.5. The van der Waals surface area contributed by atoms with Crippen molar-refractivity contribution in [3.05, 3.63) is 59.8 Å². The van der Waals surface area contributed by atoms with Crippen molar-refractivity contribution >= 4 is 68.9 Å². The van der Waals surface area contributed by atoms with Crippen LogP contribution in [0.15, 0.2) is 59.8 Å². The van der Waals surface area contributed by atoms with Crippen LogP contribution < -0.4 is 40.1 Å². The number of thiazole rings is 2. The Bertz CT molecular complexity index is 1870. The normalized spacial score (nSPS) is 11.0. The first-order chi connectivity index (χ1) is 27.0. The number of carboxylic acid groups (broad SMARTS) is 1. The van der Waals surface area contributed by atoms with Crippen molar-refractivity contribution in [3.63, 3.8) is 0 Å². The number of esters is 1. The summed E-state index contributed by atoms with van der Waals surface area (Å²) in [6.07, 6.45) is 8.10. The predicted molar refractivity (Wildman–Crippen MR) is 210 cm³/mol. The van der Waals surface area contributed by atoms with Gasteiger partial charge in [0.1, 0.15) is 12.1 Å². The molecular weight excluding hydrogens is 792 g/mol. The SMILES string of the molecule is CCOC(=O)CCCCC(NC(=O)OC)C(=O)Nc1nc(-c2ccncc2)cs1.COC(=O)NC(CCCCC(=O)O)C(=O)Nc1nc(-c2ccncc2)cs1.[Li+].[OH-]. The Morgan fingerprint density at radius 1 is 0.690 bits per heavy atom. The fourth-order valence-electron chi connectivity index (χ4n) is 4.77. The van der Waals surface area contributed by atoms with E-state index in [2.05, 4.69) is 50.7 Å². The molecule has 0 saturated carbocycles. The van der Waals surface area contributed by atoms with Crippen molar-refractivity contribution in [2.45, 2.75) is 70.4 Å². The maximum atomic E-state index is 12.6. The summed E-state index contributed by atoms with van der Waals surface area (Å²) >= 11 is 2.55. The number of hydrogen-bond donors (Lipinski definition) is 5. The van der Waals surface area contributed by atoms with Crippen LogP contribution in [0.1, 0.15) is 58.3 Å². The summed E-state index contributed by atoms with van der Waals surface area (Å²) < 4.78 is 14.0. The van der Waals surface area contributed by atoms with Gasteiger partial charge in [0.25, 0.3) is 0 Å². The van der Waals surface area contributed by atoms with Gasteiger partial charge in [0.15, 0.2) is 10.3 Å². The maximum absolute atomic E-state index is 12.6. The number of anilines is 2. The van der Waals surface area contributed by atoms with Crippen LogP contribution in [0.4, 0.5) is 19.9 Å². The molecule has 0 aliphatic carbocycles. The van der Waals surface area contributed by atoms with Crippen LogP contribution in [-0.4, -0.2) is 99.4 Å². The third-order valence-corrected chi connectivity index (χ3v) is 9.09. The quantitative estimate of drug-likeness (QED) is 0.0392. The molecule has 22 heteroatoms. The van der Waals surface area contributed by atoms with E-state index in [-0.39, 0.29) is 49.6 Å². The number of nitrogens with one attached hydrogen (secondary N) is 4. The first-order valence-corrected chi connectivity index (χ1v) is 19.2. The van der Waals surface area contributed by atoms with Crippen molar-refractivity contribution in [2.75, 3.05) is 31.5 Å². The Labute approximate surface area is 354 Å². The van der Waals surface area contributed by atoms with Gasteiger partial charge < -0.3 is 46.1 Å². The van der Waals surface area contributed by atoms with Crippen molar-refractivity contribution in [1.29, 1.82) is 0 Å². The molecule has 0 bridgehead atoms. The van der Waals surface area contributed by atoms with E-state index < -0.39 is 42.1 Å². The number of pyridine rings is 2. The molecule has 0 radical (unpaired) electrons. The number of aromatic nitrogens is 4. The zero-order valence-electron chi connectivity index (χ0n) is 32.5. The molecule has 4 aromatic heterocycles. The van der Waals surface area contributed by atoms with Crippen molar-refractivity contribution in [1.82, 2.24) is 30.6 Å². The number of carbonyl (C=O) groups is 6. The number of amides is 4. The van der Waals surface area contributed by atoms with E-state index in [1.165, 1.54) is 36.9 Å². The fraction of sp³-hybridized carbons (Fsp3) is 0.389. The number of carbonyl (C=O) groups excluding carboxylic acids is 5. The summed E-state index contributed by atoms with van der Waals surface area (Å²) in [6, 6.07) is 5.62. The van der Waals surface area contributed by atoms with Gasteiger partial charge in [-0.1, -0.05) is 12.8 Å². The summed E-state index contributed by atoms with van der Waals surface area (Å²) in [5.41, 5.74) is 3.19. The van der Waals surface area contributed by atoms with Gasteiger partial charge in [-0.3, -0.25) is 29.1 Å². The largest absolute Gasteiger partial charge is 1.00 e. The fourth-order valence-corrected chi connectivity index (χ4v) is 6.22. The molecule has 4 heterocycles. The Morgan fingerprint density at radius 2 is 1.10 bits per heavy atom. The van der Waals surface area contributed by atoms with Gasteiger partial charge in [0.05, 0.1) is 32.2 Å². The number of methoxy groups -OCH3 is 2. The minimum Gasteiger partial charge on any atom is -0.870 e. The second kappa shape index (κ2) is 28.0. The smallest absolute Gasteiger partial charge is 0.870 e. The standard InChI is InChI=1S/C19H24N4O5S.C17H20N4O5S.Li.H2O/c1-3-28-16(24)7-5-4-6-14(22-19(26)27-2)17(25)23-18-21-15(12-29-18)13-8-10-20-11-9-13;1-26-17(25)20-12(4-2-3-5-14(22)23)15(24)21-16-19-13(10-27-16)11-6-8-18-9-7-11;;/h8-12,14H,3-7H2,1-2H3,(H,22,26)(H,21,23,25);6-10,12H,2-5H2,1H3,(H,20,25)(H,22,23)(H,19,21,24);;1H2/q;;+1;/p-1. The number of aliphatic carboxylic acids is 1. The van der Waals surface area contributed by atoms with Gasteiger partial charge in [-0.2, -0.15) is 0 Å². The molecule has 4 aromatic rings. The maximum Gasteiger partial charge on any atom is 1.00 e. The Morgan fingerprint density at radius 3 is 1.48 bits per heavy atom. The molecule has 0 spiro atoms. The monoisotopic (exact) mass is 836 g/mol. The van der Waals surface area contributed by atoms with Crippen LogP contribution >= 0.6 is 22.7 Å². The third-order valence-electron chi connectivity index (χ3n) is 7.57. The zero-order chi connectivity index (χ0) is 40.7. The van der Waals surface area contributed by atoms with Gasteiger partial charge in [0.2, 0.25) is 11.8 Å². The second-order valence-corrected chi connectivity index (χ2v) is 13.3. The van der Waals surface area contributed by atoms with Crippen LogP contribution in [0.3, 0.4) is 0 Å². The van der Waals surface area contributed by atoms with Gasteiger partial charge >= 0.3 is 43.0 Å². The first kappa shape index (κ1) is 50.6. The molecule has 308 valence electrons. The molecule has 6 N–H and O–H groups in total. The van der Waals surface area contributed by atoms with Crippen LogP contribution in [0.25, 0.3) is 22.5 Å². The van der Waals surface area contributed by atoms with Crippen LogP contribution in [0, 0.1) is 0 Å². The van der Waals surface area contributed by atoms with Gasteiger partial charge in [-0.05, 0) is 56.9 Å². The Balaban J connectivity index is 0.000000562. The molecule has 0 saturated heterocycles. The number of rotatable bonds is 19. The molecule has 2 atom stereocenters. The minimum absolute atomic E-state index is 0. The second-order valence-electron chi connectivity index (χ2n) is 11.6. The Hall–Kier alpha value is -5.46. The first-order valence-electron chi connectivity index (χ1n) is 17.4. The van der Waals surface area contributed by atoms with E-state index in [4.69, 9.17) is 9.84 Å². The molecule has 4 rings (SSSR count). The van der Waals surface area contributed by atoms with E-state index in [9.17, 15) is 28.8 Å². The molecule has 4 amide bonds. The average molecular weight is 837 g/mol.